The number of aryl methyl sites for hydroxylation is 1. The number of hydrogen-bond acceptors (Lipinski definition) is 3. The Hall–Kier alpha value is -2.63. The highest BCUT2D eigenvalue weighted by Crippen LogP contribution is 2.47. The van der Waals surface area contributed by atoms with Gasteiger partial charge in [0, 0.05) is 43.6 Å². The van der Waals surface area contributed by atoms with E-state index >= 15 is 0 Å². The highest BCUT2D eigenvalue weighted by atomic mass is 16.2. The van der Waals surface area contributed by atoms with Crippen molar-refractivity contribution in [1.82, 2.24) is 20.0 Å². The van der Waals surface area contributed by atoms with Crippen LogP contribution in [-0.2, 0) is 4.79 Å². The third kappa shape index (κ3) is 3.15. The Morgan fingerprint density at radius 3 is 2.62 bits per heavy atom. The quantitative estimate of drug-likeness (QED) is 0.872. The van der Waals surface area contributed by atoms with Crippen LogP contribution >= 0.6 is 0 Å². The molecule has 3 atom stereocenters. The maximum absolute atomic E-state index is 13.4. The molecule has 0 unspecified atom stereocenters. The molecular weight excluding hydrogens is 364 g/mol. The number of aromatic nitrogens is 2. The molecule has 1 aromatic carbocycles. The van der Waals surface area contributed by atoms with Crippen LogP contribution in [-0.4, -0.2) is 51.4 Å². The average Bonchev–Trinajstić information content (AvgIpc) is 3.52. The van der Waals surface area contributed by atoms with Crippen LogP contribution in [0.1, 0.15) is 53.2 Å². The summed E-state index contributed by atoms with van der Waals surface area (Å²) in [6.45, 7) is 4.30. The lowest BCUT2D eigenvalue weighted by molar-refractivity contribution is -0.136. The molecule has 0 spiro atoms. The summed E-state index contributed by atoms with van der Waals surface area (Å²) >= 11 is 0. The van der Waals surface area contributed by atoms with Gasteiger partial charge in [-0.1, -0.05) is 37.1 Å². The van der Waals surface area contributed by atoms with Crippen LogP contribution in [0.15, 0.2) is 36.7 Å². The predicted octanol–water partition coefficient (Wildman–Crippen LogP) is 3.18. The number of carbonyl (C=O) groups excluding carboxylic acids is 2. The SMILES string of the molecule is Cc1ccccc1[C@@H]1[C@H]2CN(C(=O)c3cn[nH]c3)C[C@H]2CN1C(=O)C1CCCC1. The summed E-state index contributed by atoms with van der Waals surface area (Å²) in [7, 11) is 0. The van der Waals surface area contributed by atoms with Crippen LogP contribution < -0.4 is 0 Å². The van der Waals surface area contributed by atoms with Gasteiger partial charge in [0.1, 0.15) is 0 Å². The lowest BCUT2D eigenvalue weighted by Gasteiger charge is -2.32. The highest BCUT2D eigenvalue weighted by molar-refractivity contribution is 5.94. The van der Waals surface area contributed by atoms with E-state index < -0.39 is 0 Å². The van der Waals surface area contributed by atoms with E-state index in [-0.39, 0.29) is 23.8 Å². The molecule has 3 heterocycles. The molecule has 2 saturated heterocycles. The van der Waals surface area contributed by atoms with Gasteiger partial charge < -0.3 is 9.80 Å². The zero-order chi connectivity index (χ0) is 20.0. The first kappa shape index (κ1) is 18.4. The number of nitrogens with one attached hydrogen (secondary N) is 1. The molecule has 29 heavy (non-hydrogen) atoms. The summed E-state index contributed by atoms with van der Waals surface area (Å²) in [5.74, 6) is 1.17. The Labute approximate surface area is 171 Å². The van der Waals surface area contributed by atoms with E-state index in [1.165, 1.54) is 24.0 Å². The fourth-order valence-corrected chi connectivity index (χ4v) is 5.71. The largest absolute Gasteiger partial charge is 0.338 e. The number of nitrogens with zero attached hydrogens (tertiary/aromatic N) is 3. The molecule has 0 radical (unpaired) electrons. The third-order valence-electron chi connectivity index (χ3n) is 7.19. The van der Waals surface area contributed by atoms with E-state index in [0.29, 0.717) is 30.5 Å². The zero-order valence-corrected chi connectivity index (χ0v) is 16.9. The van der Waals surface area contributed by atoms with Gasteiger partial charge >= 0.3 is 0 Å². The fourth-order valence-electron chi connectivity index (χ4n) is 5.71. The minimum Gasteiger partial charge on any atom is -0.338 e. The van der Waals surface area contributed by atoms with Gasteiger partial charge in [0.2, 0.25) is 5.91 Å². The molecule has 6 heteroatoms. The second kappa shape index (κ2) is 7.32. The number of H-pyrrole nitrogens is 1. The average molecular weight is 393 g/mol. The number of rotatable bonds is 3. The predicted molar refractivity (Wildman–Crippen MR) is 109 cm³/mol. The van der Waals surface area contributed by atoms with Gasteiger partial charge in [-0.2, -0.15) is 5.10 Å². The van der Waals surface area contributed by atoms with Crippen molar-refractivity contribution >= 4 is 11.8 Å². The number of amides is 2. The van der Waals surface area contributed by atoms with Crippen molar-refractivity contribution < 1.29 is 9.59 Å². The summed E-state index contributed by atoms with van der Waals surface area (Å²) < 4.78 is 0. The Kier molecular flexibility index (Phi) is 4.64. The van der Waals surface area contributed by atoms with Crippen molar-refractivity contribution in [3.8, 4) is 0 Å². The second-order valence-electron chi connectivity index (χ2n) is 8.89. The Balaban J connectivity index is 1.44. The molecule has 2 aromatic rings. The van der Waals surface area contributed by atoms with Crippen molar-refractivity contribution in [2.24, 2.45) is 17.8 Å². The molecule has 1 aromatic heterocycles. The van der Waals surface area contributed by atoms with Crippen LogP contribution in [0, 0.1) is 24.7 Å². The molecule has 1 N–H and O–H groups in total. The van der Waals surface area contributed by atoms with Gasteiger partial charge in [-0.3, -0.25) is 14.7 Å². The van der Waals surface area contributed by atoms with E-state index in [4.69, 9.17) is 0 Å². The maximum Gasteiger partial charge on any atom is 0.257 e. The topological polar surface area (TPSA) is 69.3 Å². The molecule has 3 fully saturated rings. The summed E-state index contributed by atoms with van der Waals surface area (Å²) in [6.07, 6.45) is 7.63. The molecule has 1 aliphatic carbocycles. The van der Waals surface area contributed by atoms with Crippen molar-refractivity contribution in [3.63, 3.8) is 0 Å². The number of hydrogen-bond donors (Lipinski definition) is 1. The van der Waals surface area contributed by atoms with Gasteiger partial charge in [-0.15, -0.1) is 0 Å². The van der Waals surface area contributed by atoms with Crippen molar-refractivity contribution in [1.29, 1.82) is 0 Å². The second-order valence-corrected chi connectivity index (χ2v) is 8.89. The smallest absolute Gasteiger partial charge is 0.257 e. The van der Waals surface area contributed by atoms with Crippen LogP contribution in [0.25, 0.3) is 0 Å². The van der Waals surface area contributed by atoms with Gasteiger partial charge in [0.25, 0.3) is 5.91 Å². The maximum atomic E-state index is 13.4. The molecule has 5 rings (SSSR count). The van der Waals surface area contributed by atoms with Crippen LogP contribution in [0.4, 0.5) is 0 Å². The van der Waals surface area contributed by atoms with Gasteiger partial charge in [-0.25, -0.2) is 0 Å². The van der Waals surface area contributed by atoms with Crippen molar-refractivity contribution in [2.75, 3.05) is 19.6 Å². The Morgan fingerprint density at radius 2 is 1.90 bits per heavy atom. The summed E-state index contributed by atoms with van der Waals surface area (Å²) in [5.41, 5.74) is 3.07. The third-order valence-corrected chi connectivity index (χ3v) is 7.19. The number of carbonyl (C=O) groups is 2. The molecule has 1 saturated carbocycles. The first-order chi connectivity index (χ1) is 14.1. The van der Waals surface area contributed by atoms with Crippen molar-refractivity contribution in [3.05, 3.63) is 53.3 Å². The molecule has 152 valence electrons. The van der Waals surface area contributed by atoms with E-state index in [1.54, 1.807) is 12.4 Å². The fraction of sp³-hybridized carbons (Fsp3) is 0.522. The van der Waals surface area contributed by atoms with Gasteiger partial charge in [-0.05, 0) is 30.9 Å². The zero-order valence-electron chi connectivity index (χ0n) is 16.9. The summed E-state index contributed by atoms with van der Waals surface area (Å²) in [6, 6.07) is 8.48. The monoisotopic (exact) mass is 392 g/mol. The van der Waals surface area contributed by atoms with Gasteiger partial charge in [0.15, 0.2) is 0 Å². The minimum atomic E-state index is 0.0327. The van der Waals surface area contributed by atoms with Crippen LogP contribution in [0.2, 0.25) is 0 Å². The lowest BCUT2D eigenvalue weighted by Crippen LogP contribution is -2.39. The lowest BCUT2D eigenvalue weighted by atomic mass is 9.87. The molecule has 2 aliphatic heterocycles. The van der Waals surface area contributed by atoms with E-state index in [1.807, 2.05) is 4.90 Å². The first-order valence-corrected chi connectivity index (χ1v) is 10.8. The number of likely N-dealkylation sites (tertiary alicyclic amines) is 2. The van der Waals surface area contributed by atoms with Crippen LogP contribution in [0.5, 0.6) is 0 Å². The van der Waals surface area contributed by atoms with E-state index in [0.717, 1.165) is 19.4 Å². The standard InChI is InChI=1S/C23H28N4O2/c1-15-6-2-5-9-19(15)21-20-14-26(22(28)17-10-24-25-11-17)12-18(20)13-27(21)23(29)16-7-3-4-8-16/h2,5-6,9-11,16,18,20-21H,3-4,7-8,12-14H2,1H3,(H,24,25)/t18-,20-,21+/m0/s1. The molecule has 6 nitrogen and oxygen atoms in total. The summed E-state index contributed by atoms with van der Waals surface area (Å²) in [4.78, 5) is 30.4. The van der Waals surface area contributed by atoms with Gasteiger partial charge in [0.05, 0.1) is 17.8 Å². The Bertz CT molecular complexity index is 903. The highest BCUT2D eigenvalue weighted by Gasteiger charge is 2.51. The molecule has 2 amide bonds. The number of fused-ring (bicyclic) bond motifs is 1. The molecule has 3 aliphatic rings. The Morgan fingerprint density at radius 1 is 1.10 bits per heavy atom. The van der Waals surface area contributed by atoms with E-state index in [2.05, 4.69) is 46.3 Å². The number of benzene rings is 1. The van der Waals surface area contributed by atoms with E-state index in [9.17, 15) is 9.59 Å². The minimum absolute atomic E-state index is 0.0327. The molecule has 0 bridgehead atoms. The van der Waals surface area contributed by atoms with Crippen molar-refractivity contribution in [2.45, 2.75) is 38.6 Å². The molecular formula is C23H28N4O2. The number of aromatic amines is 1. The summed E-state index contributed by atoms with van der Waals surface area (Å²) in [5, 5.41) is 6.64. The van der Waals surface area contributed by atoms with Crippen LogP contribution in [0.3, 0.4) is 0 Å². The normalized spacial score (nSPS) is 26.9. The first-order valence-electron chi connectivity index (χ1n) is 10.8.